The second-order valence-corrected chi connectivity index (χ2v) is 10.3. The summed E-state index contributed by atoms with van der Waals surface area (Å²) in [4.78, 5) is 32.8. The summed E-state index contributed by atoms with van der Waals surface area (Å²) < 4.78 is 5.91. The largest absolute Gasteiger partial charge is 0.476 e. The Labute approximate surface area is 217 Å². The minimum absolute atomic E-state index is 0.0932. The number of nitrogens with one attached hydrogen (secondary N) is 2. The molecule has 1 saturated heterocycles. The van der Waals surface area contributed by atoms with Crippen LogP contribution in [-0.2, 0) is 4.79 Å². The number of rotatable bonds is 5. The van der Waals surface area contributed by atoms with E-state index in [2.05, 4.69) is 45.5 Å². The van der Waals surface area contributed by atoms with Crippen molar-refractivity contribution in [1.29, 1.82) is 0 Å². The number of hydrogen-bond acceptors (Lipinski definition) is 9. The molecule has 0 bridgehead atoms. The van der Waals surface area contributed by atoms with Gasteiger partial charge in [-0.05, 0) is 64.6 Å². The van der Waals surface area contributed by atoms with Gasteiger partial charge in [-0.25, -0.2) is 9.97 Å². The standard InChI is InChI=1S/C27H34N8O2/c1-17-13-20(16-28-24(17)35-11-9-33(5)10-12-35)31-26-29-15-18(2)23(32-26)30-19-7-8-22-21(14-19)34(6)25(36)27(3,4)37-22/h7-8,13-16H,9-12H2,1-6H3,(H2,29,30,31,32). The van der Waals surface area contributed by atoms with Crippen LogP contribution in [-0.4, -0.2) is 71.6 Å². The van der Waals surface area contributed by atoms with Crippen LogP contribution >= 0.6 is 0 Å². The van der Waals surface area contributed by atoms with E-state index < -0.39 is 5.60 Å². The number of aromatic nitrogens is 3. The number of likely N-dealkylation sites (N-methyl/N-ethyl adjacent to an activating group) is 2. The maximum atomic E-state index is 12.6. The molecule has 37 heavy (non-hydrogen) atoms. The number of piperazine rings is 1. The number of carbonyl (C=O) groups is 1. The summed E-state index contributed by atoms with van der Waals surface area (Å²) in [5, 5.41) is 6.64. The average molecular weight is 503 g/mol. The summed E-state index contributed by atoms with van der Waals surface area (Å²) in [5.74, 6) is 2.74. The van der Waals surface area contributed by atoms with Crippen LogP contribution in [0.4, 0.5) is 34.6 Å². The fourth-order valence-electron chi connectivity index (χ4n) is 4.66. The van der Waals surface area contributed by atoms with Crippen molar-refractivity contribution in [1.82, 2.24) is 19.9 Å². The third-order valence-electron chi connectivity index (χ3n) is 6.85. The van der Waals surface area contributed by atoms with Crippen LogP contribution in [0, 0.1) is 13.8 Å². The second-order valence-electron chi connectivity index (χ2n) is 10.3. The van der Waals surface area contributed by atoms with Gasteiger partial charge in [0.2, 0.25) is 5.95 Å². The van der Waals surface area contributed by atoms with Crippen LogP contribution in [0.1, 0.15) is 25.0 Å². The van der Waals surface area contributed by atoms with Crippen LogP contribution in [0.15, 0.2) is 36.7 Å². The lowest BCUT2D eigenvalue weighted by atomic mass is 10.0. The van der Waals surface area contributed by atoms with Crippen LogP contribution in [0.3, 0.4) is 0 Å². The van der Waals surface area contributed by atoms with Crippen LogP contribution in [0.2, 0.25) is 0 Å². The zero-order valence-corrected chi connectivity index (χ0v) is 22.3. The average Bonchev–Trinajstić information content (AvgIpc) is 2.86. The van der Waals surface area contributed by atoms with Gasteiger partial charge < -0.3 is 30.1 Å². The van der Waals surface area contributed by atoms with E-state index in [9.17, 15) is 4.79 Å². The molecule has 0 aliphatic carbocycles. The number of fused-ring (bicyclic) bond motifs is 1. The van der Waals surface area contributed by atoms with Crippen molar-refractivity contribution in [3.63, 3.8) is 0 Å². The van der Waals surface area contributed by atoms with Crippen molar-refractivity contribution < 1.29 is 9.53 Å². The first kappa shape index (κ1) is 24.8. The van der Waals surface area contributed by atoms with Crippen LogP contribution in [0.25, 0.3) is 0 Å². The Bertz CT molecular complexity index is 1330. The van der Waals surface area contributed by atoms with Gasteiger partial charge in [-0.2, -0.15) is 4.98 Å². The van der Waals surface area contributed by atoms with Gasteiger partial charge in [-0.1, -0.05) is 0 Å². The molecule has 0 spiro atoms. The Hall–Kier alpha value is -3.92. The zero-order chi connectivity index (χ0) is 26.3. The Balaban J connectivity index is 1.32. The summed E-state index contributed by atoms with van der Waals surface area (Å²) in [7, 11) is 3.91. The number of pyridine rings is 1. The first-order valence-electron chi connectivity index (χ1n) is 12.5. The van der Waals surface area contributed by atoms with Gasteiger partial charge in [0.1, 0.15) is 17.4 Å². The first-order chi connectivity index (χ1) is 17.6. The quantitative estimate of drug-likeness (QED) is 0.539. The monoisotopic (exact) mass is 502 g/mol. The van der Waals surface area contributed by atoms with Crippen molar-refractivity contribution in [2.24, 2.45) is 0 Å². The fourth-order valence-corrected chi connectivity index (χ4v) is 4.66. The minimum atomic E-state index is -0.892. The summed E-state index contributed by atoms with van der Waals surface area (Å²) in [6, 6.07) is 7.75. The van der Waals surface area contributed by atoms with Crippen LogP contribution in [0.5, 0.6) is 5.75 Å². The summed E-state index contributed by atoms with van der Waals surface area (Å²) in [6.07, 6.45) is 3.60. The SMILES string of the molecule is Cc1cnc(Nc2cnc(N3CCN(C)CC3)c(C)c2)nc1Nc1ccc2c(c1)N(C)C(=O)C(C)(C)O2. The van der Waals surface area contributed by atoms with Crippen molar-refractivity contribution >= 4 is 40.6 Å². The van der Waals surface area contributed by atoms with Gasteiger partial charge in [0.05, 0.1) is 17.6 Å². The normalized spacial score (nSPS) is 17.3. The van der Waals surface area contributed by atoms with Gasteiger partial charge in [0.25, 0.3) is 5.91 Å². The highest BCUT2D eigenvalue weighted by Crippen LogP contribution is 2.39. The molecule has 0 atom stereocenters. The molecule has 3 aromatic rings. The molecule has 0 radical (unpaired) electrons. The first-order valence-corrected chi connectivity index (χ1v) is 12.5. The highest BCUT2D eigenvalue weighted by Gasteiger charge is 2.39. The molecule has 194 valence electrons. The van der Waals surface area contributed by atoms with Gasteiger partial charge in [0.15, 0.2) is 5.60 Å². The number of aryl methyl sites for hydroxylation is 2. The fraction of sp³-hybridized carbons (Fsp3) is 0.407. The molecule has 2 aliphatic heterocycles. The molecule has 10 heteroatoms. The van der Waals surface area contributed by atoms with E-state index in [0.29, 0.717) is 23.2 Å². The number of anilines is 6. The Morgan fingerprint density at radius 2 is 1.68 bits per heavy atom. The van der Waals surface area contributed by atoms with Crippen molar-refractivity contribution in [3.05, 3.63) is 47.8 Å². The van der Waals surface area contributed by atoms with Crippen molar-refractivity contribution in [2.75, 3.05) is 60.7 Å². The predicted octanol–water partition coefficient (Wildman–Crippen LogP) is 3.86. The molecule has 0 unspecified atom stereocenters. The van der Waals surface area contributed by atoms with E-state index in [1.807, 2.05) is 31.3 Å². The molecule has 1 fully saturated rings. The molecule has 1 amide bonds. The third-order valence-corrected chi connectivity index (χ3v) is 6.85. The number of nitrogens with zero attached hydrogens (tertiary/aromatic N) is 6. The van der Waals surface area contributed by atoms with Crippen molar-refractivity contribution in [2.45, 2.75) is 33.3 Å². The number of carbonyl (C=O) groups excluding carboxylic acids is 1. The molecule has 0 saturated carbocycles. The van der Waals surface area contributed by atoms with E-state index in [4.69, 9.17) is 14.7 Å². The molecule has 2 aromatic heterocycles. The van der Waals surface area contributed by atoms with E-state index in [1.165, 1.54) is 0 Å². The summed E-state index contributed by atoms with van der Waals surface area (Å²) in [6.45, 7) is 11.6. The number of hydrogen-bond donors (Lipinski definition) is 2. The number of ether oxygens (including phenoxy) is 1. The molecule has 4 heterocycles. The topological polar surface area (TPSA) is 98.8 Å². The maximum absolute atomic E-state index is 12.6. The highest BCUT2D eigenvalue weighted by atomic mass is 16.5. The van der Waals surface area contributed by atoms with Gasteiger partial charge in [0, 0.05) is 50.7 Å². The Morgan fingerprint density at radius 1 is 0.919 bits per heavy atom. The van der Waals surface area contributed by atoms with Gasteiger partial charge >= 0.3 is 0 Å². The van der Waals surface area contributed by atoms with E-state index in [-0.39, 0.29) is 5.91 Å². The zero-order valence-electron chi connectivity index (χ0n) is 22.3. The molecular weight excluding hydrogens is 468 g/mol. The van der Waals surface area contributed by atoms with E-state index >= 15 is 0 Å². The smallest absolute Gasteiger partial charge is 0.270 e. The van der Waals surface area contributed by atoms with Gasteiger partial charge in [-0.15, -0.1) is 0 Å². The maximum Gasteiger partial charge on any atom is 0.270 e. The predicted molar refractivity (Wildman–Crippen MR) is 147 cm³/mol. The summed E-state index contributed by atoms with van der Waals surface area (Å²) >= 11 is 0. The molecule has 5 rings (SSSR count). The summed E-state index contributed by atoms with van der Waals surface area (Å²) in [5.41, 5.74) is 3.45. The molecule has 2 N–H and O–H groups in total. The van der Waals surface area contributed by atoms with E-state index in [1.54, 1.807) is 32.0 Å². The Morgan fingerprint density at radius 3 is 2.41 bits per heavy atom. The second kappa shape index (κ2) is 9.51. The third kappa shape index (κ3) is 5.01. The lowest BCUT2D eigenvalue weighted by Gasteiger charge is -2.37. The highest BCUT2D eigenvalue weighted by molar-refractivity contribution is 6.02. The van der Waals surface area contributed by atoms with Crippen molar-refractivity contribution in [3.8, 4) is 5.75 Å². The number of benzene rings is 1. The molecular formula is C27H34N8O2. The number of amides is 1. The Kier molecular flexibility index (Phi) is 6.36. The van der Waals surface area contributed by atoms with Crippen LogP contribution < -0.4 is 25.2 Å². The van der Waals surface area contributed by atoms with E-state index in [0.717, 1.165) is 54.5 Å². The lowest BCUT2D eigenvalue weighted by Crippen LogP contribution is -2.50. The lowest BCUT2D eigenvalue weighted by molar-refractivity contribution is -0.132. The molecule has 2 aliphatic rings. The van der Waals surface area contributed by atoms with Gasteiger partial charge in [-0.3, -0.25) is 4.79 Å². The molecule has 1 aromatic carbocycles. The minimum Gasteiger partial charge on any atom is -0.476 e. The molecule has 10 nitrogen and oxygen atoms in total.